The van der Waals surface area contributed by atoms with E-state index in [0.717, 1.165) is 11.4 Å². The first-order chi connectivity index (χ1) is 9.15. The Morgan fingerprint density at radius 2 is 1.89 bits per heavy atom. The monoisotopic (exact) mass is 271 g/mol. The molecule has 19 heavy (non-hydrogen) atoms. The van der Waals surface area contributed by atoms with Crippen LogP contribution in [0.4, 0.5) is 5.82 Å². The van der Waals surface area contributed by atoms with Crippen LogP contribution in [0.5, 0.6) is 0 Å². The Balaban J connectivity index is 1.93. The molecule has 0 saturated heterocycles. The zero-order valence-corrected chi connectivity index (χ0v) is 11.9. The van der Waals surface area contributed by atoms with Crippen molar-refractivity contribution in [1.82, 2.24) is 10.3 Å². The Morgan fingerprint density at radius 1 is 1.16 bits per heavy atom. The predicted molar refractivity (Wildman–Crippen MR) is 83.2 cm³/mol. The number of benzene rings is 1. The molecule has 0 fully saturated rings. The van der Waals surface area contributed by atoms with Gasteiger partial charge in [-0.15, -0.1) is 0 Å². The van der Waals surface area contributed by atoms with Crippen LogP contribution in [-0.4, -0.2) is 10.1 Å². The normalized spacial score (nSPS) is 11.7. The minimum absolute atomic E-state index is 0.159. The van der Waals surface area contributed by atoms with Crippen molar-refractivity contribution < 1.29 is 0 Å². The van der Waals surface area contributed by atoms with Crippen molar-refractivity contribution >= 4 is 23.1 Å². The van der Waals surface area contributed by atoms with Gasteiger partial charge >= 0.3 is 0 Å². The van der Waals surface area contributed by atoms with Gasteiger partial charge in [-0.3, -0.25) is 0 Å². The summed E-state index contributed by atoms with van der Waals surface area (Å²) in [7, 11) is 0. The number of anilines is 1. The number of aromatic nitrogens is 1. The molecule has 0 bridgehead atoms. The average molecular weight is 271 g/mol. The van der Waals surface area contributed by atoms with Crippen molar-refractivity contribution in [3.63, 3.8) is 0 Å². The number of aryl methyl sites for hydroxylation is 1. The lowest BCUT2D eigenvalue weighted by Crippen LogP contribution is -2.31. The lowest BCUT2D eigenvalue weighted by Gasteiger charge is -2.17. The molecule has 4 heteroatoms. The quantitative estimate of drug-likeness (QED) is 0.839. The van der Waals surface area contributed by atoms with Crippen LogP contribution < -0.4 is 10.6 Å². The van der Waals surface area contributed by atoms with Crippen LogP contribution in [0.1, 0.15) is 24.1 Å². The van der Waals surface area contributed by atoms with E-state index in [9.17, 15) is 0 Å². The molecule has 2 N–H and O–H groups in total. The van der Waals surface area contributed by atoms with Crippen molar-refractivity contribution in [1.29, 1.82) is 0 Å². The van der Waals surface area contributed by atoms with Crippen LogP contribution in [0.2, 0.25) is 0 Å². The summed E-state index contributed by atoms with van der Waals surface area (Å²) >= 11 is 5.28. The maximum atomic E-state index is 5.28. The van der Waals surface area contributed by atoms with E-state index in [-0.39, 0.29) is 6.04 Å². The van der Waals surface area contributed by atoms with Crippen molar-refractivity contribution in [2.45, 2.75) is 19.9 Å². The van der Waals surface area contributed by atoms with Gasteiger partial charge in [-0.05, 0) is 43.3 Å². The fraction of sp³-hybridized carbons (Fsp3) is 0.200. The first-order valence-electron chi connectivity index (χ1n) is 6.20. The number of hydrogen-bond acceptors (Lipinski definition) is 2. The molecular weight excluding hydrogens is 254 g/mol. The second-order valence-electron chi connectivity index (χ2n) is 4.45. The first-order valence-corrected chi connectivity index (χ1v) is 6.61. The molecule has 0 aliphatic rings. The second-order valence-corrected chi connectivity index (χ2v) is 4.86. The van der Waals surface area contributed by atoms with E-state index in [1.807, 2.05) is 43.5 Å². The van der Waals surface area contributed by atoms with E-state index in [4.69, 9.17) is 12.2 Å². The molecule has 2 rings (SSSR count). The third-order valence-corrected chi connectivity index (χ3v) is 3.02. The van der Waals surface area contributed by atoms with Gasteiger partial charge < -0.3 is 10.6 Å². The molecule has 0 saturated carbocycles. The smallest absolute Gasteiger partial charge is 0.172 e. The average Bonchev–Trinajstić information content (AvgIpc) is 2.42. The standard InChI is InChI=1S/C15H17N3S/c1-11-8-9-14(16-10-11)18-15(19)17-12(2)13-6-4-3-5-7-13/h3-10,12H,1-2H3,(H2,16,17,18,19). The zero-order chi connectivity index (χ0) is 13.7. The Morgan fingerprint density at radius 3 is 2.53 bits per heavy atom. The van der Waals surface area contributed by atoms with Gasteiger partial charge in [0, 0.05) is 6.20 Å². The Bertz CT molecular complexity index is 537. The molecule has 1 atom stereocenters. The van der Waals surface area contributed by atoms with E-state index in [1.54, 1.807) is 0 Å². The fourth-order valence-corrected chi connectivity index (χ4v) is 2.00. The summed E-state index contributed by atoms with van der Waals surface area (Å²) in [5.74, 6) is 0.753. The maximum Gasteiger partial charge on any atom is 0.172 e. The number of hydrogen-bond donors (Lipinski definition) is 2. The van der Waals surface area contributed by atoms with Crippen LogP contribution in [0.15, 0.2) is 48.7 Å². The molecule has 3 nitrogen and oxygen atoms in total. The molecule has 1 aromatic carbocycles. The van der Waals surface area contributed by atoms with Gasteiger partial charge in [-0.2, -0.15) is 0 Å². The molecule has 0 aliphatic heterocycles. The molecular formula is C15H17N3S. The third-order valence-electron chi connectivity index (χ3n) is 2.80. The van der Waals surface area contributed by atoms with Gasteiger partial charge in [0.05, 0.1) is 6.04 Å². The van der Waals surface area contributed by atoms with E-state index in [2.05, 4.69) is 34.7 Å². The van der Waals surface area contributed by atoms with Crippen LogP contribution >= 0.6 is 12.2 Å². The van der Waals surface area contributed by atoms with E-state index < -0.39 is 0 Å². The highest BCUT2D eigenvalue weighted by Gasteiger charge is 2.06. The minimum Gasteiger partial charge on any atom is -0.356 e. The van der Waals surface area contributed by atoms with Crippen LogP contribution in [0.25, 0.3) is 0 Å². The lowest BCUT2D eigenvalue weighted by molar-refractivity contribution is 0.722. The molecule has 0 amide bonds. The minimum atomic E-state index is 0.159. The number of thiocarbonyl (C=S) groups is 1. The summed E-state index contributed by atoms with van der Waals surface area (Å²) in [5, 5.41) is 6.90. The molecule has 1 heterocycles. The molecule has 0 aliphatic carbocycles. The molecule has 2 aromatic rings. The number of nitrogens with zero attached hydrogens (tertiary/aromatic N) is 1. The van der Waals surface area contributed by atoms with Crippen molar-refractivity contribution in [2.75, 3.05) is 5.32 Å². The predicted octanol–water partition coefficient (Wildman–Crippen LogP) is 3.44. The Kier molecular flexibility index (Phi) is 4.47. The molecule has 0 spiro atoms. The highest BCUT2D eigenvalue weighted by molar-refractivity contribution is 7.80. The van der Waals surface area contributed by atoms with E-state index in [0.29, 0.717) is 5.11 Å². The van der Waals surface area contributed by atoms with E-state index in [1.165, 1.54) is 5.56 Å². The van der Waals surface area contributed by atoms with Gasteiger partial charge in [0.1, 0.15) is 5.82 Å². The van der Waals surface area contributed by atoms with Crippen molar-refractivity contribution in [2.24, 2.45) is 0 Å². The molecule has 1 unspecified atom stereocenters. The maximum absolute atomic E-state index is 5.28. The fourth-order valence-electron chi connectivity index (χ4n) is 1.72. The van der Waals surface area contributed by atoms with Gasteiger partial charge in [-0.25, -0.2) is 4.98 Å². The highest BCUT2D eigenvalue weighted by Crippen LogP contribution is 2.11. The zero-order valence-electron chi connectivity index (χ0n) is 11.1. The third kappa shape index (κ3) is 4.03. The Hall–Kier alpha value is -1.94. The summed E-state index contributed by atoms with van der Waals surface area (Å²) in [4.78, 5) is 4.26. The summed E-state index contributed by atoms with van der Waals surface area (Å²) < 4.78 is 0. The summed E-state index contributed by atoms with van der Waals surface area (Å²) in [5.41, 5.74) is 2.32. The van der Waals surface area contributed by atoms with Gasteiger partial charge in [0.15, 0.2) is 5.11 Å². The topological polar surface area (TPSA) is 37.0 Å². The number of pyridine rings is 1. The molecule has 1 aromatic heterocycles. The first kappa shape index (κ1) is 13.5. The van der Waals surface area contributed by atoms with Crippen LogP contribution in [-0.2, 0) is 0 Å². The molecule has 0 radical (unpaired) electrons. The number of rotatable bonds is 3. The SMILES string of the molecule is Cc1ccc(NC(=S)NC(C)c2ccccc2)nc1. The summed E-state index contributed by atoms with van der Waals surface area (Å²) in [6, 6.07) is 14.3. The number of nitrogens with one attached hydrogen (secondary N) is 2. The lowest BCUT2D eigenvalue weighted by atomic mass is 10.1. The largest absolute Gasteiger partial charge is 0.356 e. The Labute approximate surface area is 119 Å². The van der Waals surface area contributed by atoms with E-state index >= 15 is 0 Å². The van der Waals surface area contributed by atoms with Crippen molar-refractivity contribution in [3.8, 4) is 0 Å². The summed E-state index contributed by atoms with van der Waals surface area (Å²) in [6.07, 6.45) is 1.81. The van der Waals surface area contributed by atoms with Gasteiger partial charge in [0.25, 0.3) is 0 Å². The van der Waals surface area contributed by atoms with Crippen molar-refractivity contribution in [3.05, 3.63) is 59.8 Å². The van der Waals surface area contributed by atoms with Gasteiger partial charge in [0.2, 0.25) is 0 Å². The highest BCUT2D eigenvalue weighted by atomic mass is 32.1. The van der Waals surface area contributed by atoms with Crippen LogP contribution in [0.3, 0.4) is 0 Å². The van der Waals surface area contributed by atoms with Gasteiger partial charge in [-0.1, -0.05) is 36.4 Å². The second kappa shape index (κ2) is 6.29. The molecule has 98 valence electrons. The van der Waals surface area contributed by atoms with Crippen LogP contribution in [0, 0.1) is 6.92 Å². The summed E-state index contributed by atoms with van der Waals surface area (Å²) in [6.45, 7) is 4.08.